The van der Waals surface area contributed by atoms with Crippen molar-refractivity contribution in [2.45, 2.75) is 13.0 Å². The molecule has 2 aromatic heterocycles. The monoisotopic (exact) mass is 389 g/mol. The third-order valence-electron chi connectivity index (χ3n) is 4.06. The van der Waals surface area contributed by atoms with E-state index >= 15 is 0 Å². The van der Waals surface area contributed by atoms with Crippen LogP contribution in [0.1, 0.15) is 12.1 Å². The Morgan fingerprint density at radius 3 is 2.92 bits per heavy atom. The minimum Gasteiger partial charge on any atom is -0.459 e. The second kappa shape index (κ2) is 7.08. The lowest BCUT2D eigenvalue weighted by molar-refractivity contribution is -0.145. The maximum atomic E-state index is 12.4. The first-order chi connectivity index (χ1) is 12.6. The summed E-state index contributed by atoms with van der Waals surface area (Å²) in [6, 6.07) is 8.99. The number of carbonyl (C=O) groups excluding carboxylic acids is 2. The minimum absolute atomic E-state index is 0.00250. The summed E-state index contributed by atoms with van der Waals surface area (Å²) >= 11 is 2.68. The van der Waals surface area contributed by atoms with Gasteiger partial charge in [0.15, 0.2) is 4.96 Å². The van der Waals surface area contributed by atoms with Gasteiger partial charge in [0, 0.05) is 24.9 Å². The number of esters is 1. The maximum absolute atomic E-state index is 12.4. The number of carbonyl (C=O) groups is 2. The molecule has 1 aliphatic heterocycles. The molecule has 1 amide bonds. The molecule has 7 nitrogen and oxygen atoms in total. The highest BCUT2D eigenvalue weighted by Crippen LogP contribution is 2.23. The highest BCUT2D eigenvalue weighted by atomic mass is 32.2. The van der Waals surface area contributed by atoms with Gasteiger partial charge in [-0.05, 0) is 12.1 Å². The highest BCUT2D eigenvalue weighted by Gasteiger charge is 2.21. The SMILES string of the molecule is O=C(CCN1CCSC1=O)OCc1cc(=O)n2c(n1)sc1ccccc12. The smallest absolute Gasteiger partial charge is 0.307 e. The van der Waals surface area contributed by atoms with Gasteiger partial charge < -0.3 is 9.64 Å². The quantitative estimate of drug-likeness (QED) is 0.624. The summed E-state index contributed by atoms with van der Waals surface area (Å²) < 4.78 is 7.74. The summed E-state index contributed by atoms with van der Waals surface area (Å²) in [4.78, 5) is 42.4. The minimum atomic E-state index is -0.409. The fourth-order valence-electron chi connectivity index (χ4n) is 2.78. The molecular weight excluding hydrogens is 374 g/mol. The van der Waals surface area contributed by atoms with Gasteiger partial charge in [0.25, 0.3) is 10.8 Å². The van der Waals surface area contributed by atoms with E-state index < -0.39 is 5.97 Å². The number of nitrogens with zero attached hydrogens (tertiary/aromatic N) is 3. The summed E-state index contributed by atoms with van der Waals surface area (Å²) in [6.45, 7) is 0.968. The van der Waals surface area contributed by atoms with Gasteiger partial charge in [0.2, 0.25) is 0 Å². The van der Waals surface area contributed by atoms with Crippen LogP contribution in [0, 0.1) is 0 Å². The lowest BCUT2D eigenvalue weighted by atomic mass is 10.3. The molecule has 0 saturated carbocycles. The first-order valence-corrected chi connectivity index (χ1v) is 9.89. The van der Waals surface area contributed by atoms with E-state index in [0.717, 1.165) is 16.0 Å². The normalized spacial score (nSPS) is 14.5. The summed E-state index contributed by atoms with van der Waals surface area (Å²) in [7, 11) is 0. The zero-order chi connectivity index (χ0) is 18.1. The number of para-hydroxylation sites is 1. The van der Waals surface area contributed by atoms with E-state index in [1.54, 1.807) is 9.30 Å². The Balaban J connectivity index is 1.44. The number of thiazole rings is 1. The number of thioether (sulfide) groups is 1. The standard InChI is InChI=1S/C17H15N3O4S2/c21-14-9-11(10-24-15(22)5-6-19-7-8-25-17(19)23)18-16-20(14)12-3-1-2-4-13(12)26-16/h1-4,9H,5-8,10H2. The van der Waals surface area contributed by atoms with Gasteiger partial charge in [-0.2, -0.15) is 0 Å². The van der Waals surface area contributed by atoms with Gasteiger partial charge in [0.05, 0.1) is 22.3 Å². The van der Waals surface area contributed by atoms with E-state index in [0.29, 0.717) is 23.7 Å². The molecule has 9 heteroatoms. The third-order valence-corrected chi connectivity index (χ3v) is 5.97. The number of hydrogen-bond acceptors (Lipinski definition) is 7. The van der Waals surface area contributed by atoms with E-state index in [-0.39, 0.29) is 23.8 Å². The van der Waals surface area contributed by atoms with E-state index in [1.807, 2.05) is 24.3 Å². The van der Waals surface area contributed by atoms with Crippen molar-refractivity contribution in [3.8, 4) is 0 Å². The average Bonchev–Trinajstić information content (AvgIpc) is 3.21. The maximum Gasteiger partial charge on any atom is 0.307 e. The molecule has 3 heterocycles. The number of amides is 1. The van der Waals surface area contributed by atoms with Crippen LogP contribution in [-0.4, -0.2) is 44.3 Å². The van der Waals surface area contributed by atoms with E-state index in [9.17, 15) is 14.4 Å². The van der Waals surface area contributed by atoms with Crippen molar-refractivity contribution in [2.24, 2.45) is 0 Å². The Labute approximate surface area is 156 Å². The number of aromatic nitrogens is 2. The molecule has 0 radical (unpaired) electrons. The fraction of sp³-hybridized carbons (Fsp3) is 0.294. The van der Waals surface area contributed by atoms with Crippen molar-refractivity contribution in [1.29, 1.82) is 0 Å². The number of fused-ring (bicyclic) bond motifs is 3. The largest absolute Gasteiger partial charge is 0.459 e. The topological polar surface area (TPSA) is 81.0 Å². The molecule has 134 valence electrons. The molecule has 4 rings (SSSR count). The van der Waals surface area contributed by atoms with Crippen LogP contribution in [-0.2, 0) is 16.1 Å². The first-order valence-electron chi connectivity index (χ1n) is 8.09. The van der Waals surface area contributed by atoms with Crippen molar-refractivity contribution in [3.63, 3.8) is 0 Å². The Bertz CT molecular complexity index is 1060. The molecule has 1 aromatic carbocycles. The molecule has 0 unspecified atom stereocenters. The van der Waals surface area contributed by atoms with Crippen molar-refractivity contribution < 1.29 is 14.3 Å². The van der Waals surface area contributed by atoms with Gasteiger partial charge in [0.1, 0.15) is 6.61 Å². The van der Waals surface area contributed by atoms with Gasteiger partial charge in [-0.1, -0.05) is 35.2 Å². The van der Waals surface area contributed by atoms with Crippen LogP contribution in [0.25, 0.3) is 15.2 Å². The van der Waals surface area contributed by atoms with Crippen LogP contribution in [0.3, 0.4) is 0 Å². The number of benzene rings is 1. The van der Waals surface area contributed by atoms with Crippen molar-refractivity contribution >= 4 is 49.5 Å². The molecule has 1 saturated heterocycles. The molecule has 1 fully saturated rings. The Morgan fingerprint density at radius 1 is 1.27 bits per heavy atom. The highest BCUT2D eigenvalue weighted by molar-refractivity contribution is 8.13. The molecule has 1 aliphatic rings. The molecule has 3 aromatic rings. The van der Waals surface area contributed by atoms with Crippen molar-refractivity contribution in [3.05, 3.63) is 46.4 Å². The van der Waals surface area contributed by atoms with Crippen LogP contribution < -0.4 is 5.56 Å². The van der Waals surface area contributed by atoms with Crippen LogP contribution >= 0.6 is 23.1 Å². The summed E-state index contributed by atoms with van der Waals surface area (Å²) in [5.74, 6) is 0.352. The fourth-order valence-corrected chi connectivity index (χ4v) is 4.68. The van der Waals surface area contributed by atoms with E-state index in [1.165, 1.54) is 29.2 Å². The number of ether oxygens (including phenoxy) is 1. The van der Waals surface area contributed by atoms with Gasteiger partial charge in [-0.25, -0.2) is 4.98 Å². The summed E-state index contributed by atoms with van der Waals surface area (Å²) in [5.41, 5.74) is 1.04. The Morgan fingerprint density at radius 2 is 2.12 bits per heavy atom. The lowest BCUT2D eigenvalue weighted by Gasteiger charge is -2.13. The zero-order valence-corrected chi connectivity index (χ0v) is 15.3. The molecule has 0 bridgehead atoms. The lowest BCUT2D eigenvalue weighted by Crippen LogP contribution is -2.26. The van der Waals surface area contributed by atoms with Crippen molar-refractivity contribution in [1.82, 2.24) is 14.3 Å². The zero-order valence-electron chi connectivity index (χ0n) is 13.7. The molecular formula is C17H15N3O4S2. The summed E-state index contributed by atoms with van der Waals surface area (Å²) in [6.07, 6.45) is 0.135. The Kier molecular flexibility index (Phi) is 4.64. The van der Waals surface area contributed by atoms with Crippen LogP contribution in [0.4, 0.5) is 4.79 Å². The third kappa shape index (κ3) is 3.32. The first kappa shape index (κ1) is 17.0. The van der Waals surface area contributed by atoms with Crippen LogP contribution in [0.5, 0.6) is 0 Å². The predicted octanol–water partition coefficient (Wildman–Crippen LogP) is 2.51. The number of rotatable bonds is 5. The number of hydrogen-bond donors (Lipinski definition) is 0. The van der Waals surface area contributed by atoms with Gasteiger partial charge in [-0.3, -0.25) is 18.8 Å². The van der Waals surface area contributed by atoms with Crippen LogP contribution in [0.15, 0.2) is 35.1 Å². The molecule has 0 N–H and O–H groups in total. The molecule has 0 atom stereocenters. The van der Waals surface area contributed by atoms with Crippen LogP contribution in [0.2, 0.25) is 0 Å². The second-order valence-electron chi connectivity index (χ2n) is 5.79. The van der Waals surface area contributed by atoms with E-state index in [2.05, 4.69) is 4.98 Å². The van der Waals surface area contributed by atoms with E-state index in [4.69, 9.17) is 4.74 Å². The predicted molar refractivity (Wildman–Crippen MR) is 101 cm³/mol. The molecule has 0 aliphatic carbocycles. The Hall–Kier alpha value is -2.39. The molecule has 26 heavy (non-hydrogen) atoms. The van der Waals surface area contributed by atoms with Gasteiger partial charge in [-0.15, -0.1) is 0 Å². The second-order valence-corrected chi connectivity index (χ2v) is 7.84. The molecule has 0 spiro atoms. The van der Waals surface area contributed by atoms with Crippen molar-refractivity contribution in [2.75, 3.05) is 18.8 Å². The average molecular weight is 389 g/mol. The summed E-state index contributed by atoms with van der Waals surface area (Å²) in [5, 5.41) is 0.00250. The van der Waals surface area contributed by atoms with Gasteiger partial charge >= 0.3 is 5.97 Å².